The number of amides is 1. The van der Waals surface area contributed by atoms with E-state index >= 15 is 0 Å². The summed E-state index contributed by atoms with van der Waals surface area (Å²) in [4.78, 5) is 28.1. The zero-order chi connectivity index (χ0) is 23.7. The molecular formula is C28H27NO4. The summed E-state index contributed by atoms with van der Waals surface area (Å²) in [6, 6.07) is 21.2. The quantitative estimate of drug-likeness (QED) is 0.313. The molecule has 0 spiro atoms. The fourth-order valence-corrected chi connectivity index (χ4v) is 4.25. The van der Waals surface area contributed by atoms with Gasteiger partial charge in [0.2, 0.25) is 0 Å². The van der Waals surface area contributed by atoms with Gasteiger partial charge in [0, 0.05) is 11.3 Å². The van der Waals surface area contributed by atoms with Gasteiger partial charge in [0.05, 0.1) is 17.7 Å². The summed E-state index contributed by atoms with van der Waals surface area (Å²) in [5, 5.41) is 11.3. The van der Waals surface area contributed by atoms with Crippen LogP contribution in [0.4, 0.5) is 5.69 Å². The summed E-state index contributed by atoms with van der Waals surface area (Å²) < 4.78 is 5.75. The van der Waals surface area contributed by atoms with Gasteiger partial charge in [-0.05, 0) is 57.0 Å². The second kappa shape index (κ2) is 8.94. The molecule has 1 heterocycles. The van der Waals surface area contributed by atoms with Crippen molar-refractivity contribution in [3.05, 3.63) is 101 Å². The number of aryl methyl sites for hydroxylation is 2. The van der Waals surface area contributed by atoms with E-state index in [0.29, 0.717) is 17.0 Å². The Morgan fingerprint density at radius 2 is 1.67 bits per heavy atom. The van der Waals surface area contributed by atoms with Gasteiger partial charge in [-0.1, -0.05) is 60.2 Å². The predicted molar refractivity (Wildman–Crippen MR) is 129 cm³/mol. The number of aliphatic hydroxyl groups is 1. The van der Waals surface area contributed by atoms with Crippen molar-refractivity contribution in [1.82, 2.24) is 0 Å². The van der Waals surface area contributed by atoms with E-state index in [-0.39, 0.29) is 17.4 Å². The minimum Gasteiger partial charge on any atom is -0.507 e. The molecule has 0 aliphatic carbocycles. The van der Waals surface area contributed by atoms with Crippen molar-refractivity contribution in [3.63, 3.8) is 0 Å². The van der Waals surface area contributed by atoms with Gasteiger partial charge < -0.3 is 9.84 Å². The van der Waals surface area contributed by atoms with Crippen molar-refractivity contribution in [2.75, 3.05) is 4.90 Å². The van der Waals surface area contributed by atoms with Crippen molar-refractivity contribution in [2.45, 2.75) is 39.8 Å². The van der Waals surface area contributed by atoms with Crippen LogP contribution in [0.5, 0.6) is 5.75 Å². The third-order valence-corrected chi connectivity index (χ3v) is 5.65. The largest absolute Gasteiger partial charge is 0.507 e. The van der Waals surface area contributed by atoms with Gasteiger partial charge in [-0.15, -0.1) is 0 Å². The minimum atomic E-state index is -0.748. The van der Waals surface area contributed by atoms with E-state index in [1.165, 1.54) is 4.90 Å². The highest BCUT2D eigenvalue weighted by Crippen LogP contribution is 2.43. The number of carbonyl (C=O) groups excluding carboxylic acids is 2. The number of ketones is 1. The first-order chi connectivity index (χ1) is 15.8. The molecule has 3 aromatic carbocycles. The molecule has 0 bridgehead atoms. The van der Waals surface area contributed by atoms with Crippen LogP contribution in [0.3, 0.4) is 0 Å². The maximum atomic E-state index is 13.3. The van der Waals surface area contributed by atoms with E-state index in [1.54, 1.807) is 24.3 Å². The van der Waals surface area contributed by atoms with Gasteiger partial charge in [0.25, 0.3) is 11.7 Å². The van der Waals surface area contributed by atoms with E-state index in [1.807, 2.05) is 76.2 Å². The number of benzene rings is 3. The molecule has 1 N–H and O–H groups in total. The van der Waals surface area contributed by atoms with Crippen LogP contribution in [-0.2, 0) is 9.59 Å². The Morgan fingerprint density at radius 3 is 2.33 bits per heavy atom. The van der Waals surface area contributed by atoms with Crippen molar-refractivity contribution < 1.29 is 19.4 Å². The van der Waals surface area contributed by atoms with Gasteiger partial charge in [-0.2, -0.15) is 0 Å². The van der Waals surface area contributed by atoms with E-state index in [4.69, 9.17) is 4.74 Å². The van der Waals surface area contributed by atoms with E-state index in [9.17, 15) is 14.7 Å². The first kappa shape index (κ1) is 22.3. The lowest BCUT2D eigenvalue weighted by Crippen LogP contribution is -2.30. The number of carbonyl (C=O) groups is 2. The third-order valence-electron chi connectivity index (χ3n) is 5.65. The van der Waals surface area contributed by atoms with Gasteiger partial charge in [0.1, 0.15) is 11.5 Å². The molecule has 1 aliphatic rings. The third kappa shape index (κ3) is 4.27. The molecule has 168 valence electrons. The molecule has 0 saturated carbocycles. The summed E-state index contributed by atoms with van der Waals surface area (Å²) >= 11 is 0. The highest BCUT2D eigenvalue weighted by atomic mass is 16.5. The number of hydrogen-bond donors (Lipinski definition) is 1. The maximum Gasteiger partial charge on any atom is 0.300 e. The fraction of sp³-hybridized carbons (Fsp3) is 0.214. The van der Waals surface area contributed by atoms with Crippen LogP contribution in [0, 0.1) is 13.8 Å². The Hall–Kier alpha value is -3.86. The second-order valence-corrected chi connectivity index (χ2v) is 8.56. The van der Waals surface area contributed by atoms with Crippen LogP contribution in [0.2, 0.25) is 0 Å². The zero-order valence-corrected chi connectivity index (χ0v) is 19.2. The molecule has 4 rings (SSSR count). The van der Waals surface area contributed by atoms with Crippen molar-refractivity contribution in [1.29, 1.82) is 0 Å². The Bertz CT molecular complexity index is 1240. The second-order valence-electron chi connectivity index (χ2n) is 8.56. The summed E-state index contributed by atoms with van der Waals surface area (Å²) in [5.74, 6) is -1.01. The Morgan fingerprint density at radius 1 is 0.939 bits per heavy atom. The number of nitrogens with zero attached hydrogens (tertiary/aromatic N) is 1. The molecule has 0 radical (unpaired) electrons. The maximum absolute atomic E-state index is 13.3. The van der Waals surface area contributed by atoms with Crippen LogP contribution in [-0.4, -0.2) is 22.9 Å². The average Bonchev–Trinajstić information content (AvgIpc) is 3.04. The number of hydrogen-bond acceptors (Lipinski definition) is 4. The SMILES string of the molecule is Cc1ccc(N2C(=O)C(=O)/C(=C(/O)c3cccc(OC(C)C)c3)C2c2ccccc2)c(C)c1. The molecule has 33 heavy (non-hydrogen) atoms. The van der Waals surface area contributed by atoms with Gasteiger partial charge >= 0.3 is 0 Å². The topological polar surface area (TPSA) is 66.8 Å². The Balaban J connectivity index is 1.91. The number of rotatable bonds is 5. The summed E-state index contributed by atoms with van der Waals surface area (Å²) in [6.45, 7) is 7.72. The number of Topliss-reactive ketones (excluding diaryl/α,β-unsaturated/α-hetero) is 1. The van der Waals surface area contributed by atoms with Crippen molar-refractivity contribution in [2.24, 2.45) is 0 Å². The van der Waals surface area contributed by atoms with Gasteiger partial charge in [-0.3, -0.25) is 14.5 Å². The van der Waals surface area contributed by atoms with Crippen LogP contribution in [0.1, 0.15) is 42.1 Å². The van der Waals surface area contributed by atoms with Gasteiger partial charge in [0.15, 0.2) is 0 Å². The van der Waals surface area contributed by atoms with Crippen molar-refractivity contribution >= 4 is 23.1 Å². The first-order valence-electron chi connectivity index (χ1n) is 11.0. The molecule has 5 heteroatoms. The molecule has 3 aromatic rings. The van der Waals surface area contributed by atoms with Crippen LogP contribution in [0.15, 0.2) is 78.4 Å². The highest BCUT2D eigenvalue weighted by molar-refractivity contribution is 6.51. The fourth-order valence-electron chi connectivity index (χ4n) is 4.25. The Kier molecular flexibility index (Phi) is 6.05. The summed E-state index contributed by atoms with van der Waals surface area (Å²) in [7, 11) is 0. The lowest BCUT2D eigenvalue weighted by molar-refractivity contribution is -0.132. The molecule has 1 atom stereocenters. The normalized spacial score (nSPS) is 17.6. The Labute approximate surface area is 193 Å². The molecule has 1 fully saturated rings. The van der Waals surface area contributed by atoms with Crippen LogP contribution in [0.25, 0.3) is 5.76 Å². The molecular weight excluding hydrogens is 414 g/mol. The van der Waals surface area contributed by atoms with Crippen LogP contribution >= 0.6 is 0 Å². The van der Waals surface area contributed by atoms with E-state index in [0.717, 1.165) is 16.7 Å². The zero-order valence-electron chi connectivity index (χ0n) is 19.2. The standard InChI is InChI=1S/C28H27NO4/c1-17(2)33-22-12-8-11-21(16-22)26(30)24-25(20-9-6-5-7-10-20)29(28(32)27(24)31)23-14-13-18(3)15-19(23)4/h5-17,25,30H,1-4H3/b26-24+. The number of ether oxygens (including phenoxy) is 1. The molecule has 0 aromatic heterocycles. The number of anilines is 1. The minimum absolute atomic E-state index is 0.0400. The van der Waals surface area contributed by atoms with Gasteiger partial charge in [-0.25, -0.2) is 0 Å². The summed E-state index contributed by atoms with van der Waals surface area (Å²) in [6.07, 6.45) is -0.0400. The van der Waals surface area contributed by atoms with E-state index < -0.39 is 17.7 Å². The molecule has 1 unspecified atom stereocenters. The van der Waals surface area contributed by atoms with Crippen LogP contribution < -0.4 is 9.64 Å². The number of aliphatic hydroxyl groups excluding tert-OH is 1. The average molecular weight is 442 g/mol. The first-order valence-corrected chi connectivity index (χ1v) is 11.0. The van der Waals surface area contributed by atoms with Crippen molar-refractivity contribution in [3.8, 4) is 5.75 Å². The van der Waals surface area contributed by atoms with E-state index in [2.05, 4.69) is 0 Å². The smallest absolute Gasteiger partial charge is 0.300 e. The lowest BCUT2D eigenvalue weighted by atomic mass is 9.95. The predicted octanol–water partition coefficient (Wildman–Crippen LogP) is 5.72. The molecule has 1 amide bonds. The molecule has 1 saturated heterocycles. The highest BCUT2D eigenvalue weighted by Gasteiger charge is 2.47. The summed E-state index contributed by atoms with van der Waals surface area (Å²) in [5.41, 5.74) is 3.82. The molecule has 5 nitrogen and oxygen atoms in total. The monoisotopic (exact) mass is 441 g/mol. The lowest BCUT2D eigenvalue weighted by Gasteiger charge is -2.27. The molecule has 1 aliphatic heterocycles.